The molecular weight excluding hydrogens is 909 g/mol. The number of rotatable bonds is 25. The zero-order valence-corrected chi connectivity index (χ0v) is 40.4. The van der Waals surface area contributed by atoms with Crippen LogP contribution in [0.1, 0.15) is 38.9 Å². The molecule has 1 N–H and O–H groups in total. The molecule has 0 radical (unpaired) electrons. The van der Waals surface area contributed by atoms with Crippen LogP contribution in [0.2, 0.25) is 0 Å². The van der Waals surface area contributed by atoms with Gasteiger partial charge in [-0.3, -0.25) is 0 Å². The Morgan fingerprint density at radius 3 is 0.931 bits per heavy atom. The van der Waals surface area contributed by atoms with Gasteiger partial charge in [-0.05, 0) is 38.9 Å². The molecule has 7 aromatic carbocycles. The minimum absolute atomic E-state index is 0.0375. The van der Waals surface area contributed by atoms with E-state index in [2.05, 4.69) is 0 Å². The number of benzene rings is 7. The van der Waals surface area contributed by atoms with Crippen LogP contribution in [-0.4, -0.2) is 79.7 Å². The monoisotopic (exact) mass is 972 g/mol. The standard InChI is InChI=1S/C61H64O11/c62-60-58(68-41-50-32-18-6-19-33-50)57(67-40-49-30-16-5-17-31-49)55(53(70-60)44-64-37-46-24-10-2-11-25-46)72-61-59(69-42-51-34-20-7-21-35-51)56(66-39-48-28-14-4-15-29-48)54(65-38-47-26-12-3-13-27-47)52(71-61)43-63-36-45-22-8-1-9-23-45/h1-35,52-62H,36-44H2/t52-,53-,54-,55-,56+,57+,58-,59+,60+,61?/m1/s1. The maximum atomic E-state index is 12.0. The maximum absolute atomic E-state index is 12.0. The molecule has 0 aliphatic carbocycles. The smallest absolute Gasteiger partial charge is 0.187 e. The summed E-state index contributed by atoms with van der Waals surface area (Å²) >= 11 is 0. The van der Waals surface area contributed by atoms with Crippen molar-refractivity contribution >= 4 is 0 Å². The Bertz CT molecular complexity index is 2550. The van der Waals surface area contributed by atoms with E-state index >= 15 is 0 Å². The topological polar surface area (TPSA) is 113 Å². The highest BCUT2D eigenvalue weighted by molar-refractivity contribution is 5.19. The SMILES string of the molecule is O[C@H]1O[C@H](COCc2ccccc2)[C@@H](OC2O[C@H](COCc3ccccc3)[C@@H](OCc3ccccc3)[C@H](OCc3ccccc3)[C@@H]2OCc2ccccc2)[C@H](OCc2ccccc2)[C@H]1OCc1ccccc1. The van der Waals surface area contributed by atoms with Crippen molar-refractivity contribution in [1.82, 2.24) is 0 Å². The Labute approximate surface area is 423 Å². The van der Waals surface area contributed by atoms with Crippen molar-refractivity contribution in [2.24, 2.45) is 0 Å². The van der Waals surface area contributed by atoms with Crippen LogP contribution in [0.5, 0.6) is 0 Å². The lowest BCUT2D eigenvalue weighted by Crippen LogP contribution is -2.66. The fourth-order valence-electron chi connectivity index (χ4n) is 8.97. The molecule has 11 heteroatoms. The number of hydrogen-bond donors (Lipinski definition) is 1. The zero-order valence-electron chi connectivity index (χ0n) is 40.4. The summed E-state index contributed by atoms with van der Waals surface area (Å²) in [5, 5.41) is 12.0. The summed E-state index contributed by atoms with van der Waals surface area (Å²) in [6.45, 7) is 1.91. The normalized spacial score (nSPS) is 24.2. The van der Waals surface area contributed by atoms with Crippen LogP contribution in [0.15, 0.2) is 212 Å². The van der Waals surface area contributed by atoms with E-state index in [4.69, 9.17) is 47.4 Å². The highest BCUT2D eigenvalue weighted by Gasteiger charge is 2.54. The van der Waals surface area contributed by atoms with Crippen molar-refractivity contribution in [3.63, 3.8) is 0 Å². The summed E-state index contributed by atoms with van der Waals surface area (Å²) in [6.07, 6.45) is -9.37. The number of aliphatic hydroxyl groups excluding tert-OH is 1. The lowest BCUT2D eigenvalue weighted by atomic mass is 9.95. The van der Waals surface area contributed by atoms with E-state index in [9.17, 15) is 5.11 Å². The van der Waals surface area contributed by atoms with Crippen LogP contribution >= 0.6 is 0 Å². The molecule has 10 atom stereocenters. The van der Waals surface area contributed by atoms with Crippen molar-refractivity contribution < 1.29 is 52.5 Å². The molecule has 1 unspecified atom stereocenters. The summed E-state index contributed by atoms with van der Waals surface area (Å²) in [7, 11) is 0. The molecule has 72 heavy (non-hydrogen) atoms. The Hall–Kier alpha value is -5.90. The Kier molecular flexibility index (Phi) is 19.3. The molecule has 2 fully saturated rings. The number of hydrogen-bond acceptors (Lipinski definition) is 11. The fraction of sp³-hybridized carbons (Fsp3) is 0.311. The molecule has 9 rings (SSSR count). The van der Waals surface area contributed by atoms with Crippen molar-refractivity contribution in [1.29, 1.82) is 0 Å². The molecule has 0 aromatic heterocycles. The Morgan fingerprint density at radius 1 is 0.292 bits per heavy atom. The van der Waals surface area contributed by atoms with E-state index in [1.54, 1.807) is 0 Å². The summed E-state index contributed by atoms with van der Waals surface area (Å²) in [6, 6.07) is 69.6. The van der Waals surface area contributed by atoms with Gasteiger partial charge in [0.1, 0.15) is 48.8 Å². The van der Waals surface area contributed by atoms with Gasteiger partial charge < -0.3 is 52.5 Å². The van der Waals surface area contributed by atoms with Gasteiger partial charge in [-0.2, -0.15) is 0 Å². The van der Waals surface area contributed by atoms with Gasteiger partial charge in [0.15, 0.2) is 12.6 Å². The van der Waals surface area contributed by atoms with Gasteiger partial charge in [-0.25, -0.2) is 0 Å². The molecule has 0 bridgehead atoms. The first-order chi connectivity index (χ1) is 35.6. The van der Waals surface area contributed by atoms with Crippen LogP contribution in [0.25, 0.3) is 0 Å². The van der Waals surface area contributed by atoms with Gasteiger partial charge in [-0.15, -0.1) is 0 Å². The second-order valence-electron chi connectivity index (χ2n) is 18.0. The molecule has 2 aliphatic heterocycles. The first kappa shape index (κ1) is 51.0. The van der Waals surface area contributed by atoms with Gasteiger partial charge in [-0.1, -0.05) is 212 Å². The van der Waals surface area contributed by atoms with E-state index in [0.717, 1.165) is 38.9 Å². The molecule has 2 aliphatic rings. The van der Waals surface area contributed by atoms with Gasteiger partial charge in [0.2, 0.25) is 0 Å². The largest absolute Gasteiger partial charge is 0.374 e. The molecule has 2 saturated heterocycles. The molecular formula is C61H64O11. The summed E-state index contributed by atoms with van der Waals surface area (Å²) in [4.78, 5) is 0. The average molecular weight is 973 g/mol. The van der Waals surface area contributed by atoms with Gasteiger partial charge in [0.05, 0.1) is 59.5 Å². The lowest BCUT2D eigenvalue weighted by Gasteiger charge is -2.49. The number of ether oxygens (including phenoxy) is 10. The fourth-order valence-corrected chi connectivity index (χ4v) is 8.97. The van der Waals surface area contributed by atoms with Crippen molar-refractivity contribution in [2.45, 2.75) is 108 Å². The zero-order chi connectivity index (χ0) is 49.0. The van der Waals surface area contributed by atoms with Crippen LogP contribution in [0, 0.1) is 0 Å². The second kappa shape index (κ2) is 27.2. The van der Waals surface area contributed by atoms with Crippen LogP contribution < -0.4 is 0 Å². The van der Waals surface area contributed by atoms with Crippen molar-refractivity contribution in [3.8, 4) is 0 Å². The first-order valence-electron chi connectivity index (χ1n) is 24.8. The third-order valence-corrected chi connectivity index (χ3v) is 12.7. The molecule has 0 amide bonds. The molecule has 2 heterocycles. The molecule has 0 spiro atoms. The van der Waals surface area contributed by atoms with Gasteiger partial charge in [0, 0.05) is 0 Å². The Morgan fingerprint density at radius 2 is 0.569 bits per heavy atom. The van der Waals surface area contributed by atoms with Crippen LogP contribution in [-0.2, 0) is 93.6 Å². The van der Waals surface area contributed by atoms with E-state index in [1.165, 1.54) is 0 Å². The summed E-state index contributed by atoms with van der Waals surface area (Å²) in [5.74, 6) is 0. The Balaban J connectivity index is 1.10. The average Bonchev–Trinajstić information content (AvgIpc) is 3.43. The van der Waals surface area contributed by atoms with Crippen molar-refractivity contribution in [3.05, 3.63) is 251 Å². The van der Waals surface area contributed by atoms with Crippen LogP contribution in [0.3, 0.4) is 0 Å². The third-order valence-electron chi connectivity index (χ3n) is 12.7. The highest BCUT2D eigenvalue weighted by atomic mass is 16.8. The minimum Gasteiger partial charge on any atom is -0.374 e. The highest BCUT2D eigenvalue weighted by Crippen LogP contribution is 2.36. The quantitative estimate of drug-likeness (QED) is 0.0591. The predicted molar refractivity (Wildman–Crippen MR) is 272 cm³/mol. The van der Waals surface area contributed by atoms with Crippen LogP contribution in [0.4, 0.5) is 0 Å². The molecule has 374 valence electrons. The van der Waals surface area contributed by atoms with E-state index in [0.29, 0.717) is 13.2 Å². The first-order valence-corrected chi connectivity index (χ1v) is 24.8. The summed E-state index contributed by atoms with van der Waals surface area (Å²) in [5.41, 5.74) is 6.75. The maximum Gasteiger partial charge on any atom is 0.187 e. The lowest BCUT2D eigenvalue weighted by molar-refractivity contribution is -0.374. The van der Waals surface area contributed by atoms with Gasteiger partial charge in [0.25, 0.3) is 0 Å². The van der Waals surface area contributed by atoms with E-state index < -0.39 is 61.4 Å². The minimum atomic E-state index is -1.41. The second-order valence-corrected chi connectivity index (χ2v) is 18.0. The molecule has 7 aromatic rings. The third kappa shape index (κ3) is 14.8. The predicted octanol–water partition coefficient (Wildman–Crippen LogP) is 10.2. The number of aliphatic hydroxyl groups is 1. The van der Waals surface area contributed by atoms with E-state index in [1.807, 2.05) is 212 Å². The summed E-state index contributed by atoms with van der Waals surface area (Å²) < 4.78 is 68.6. The molecule has 0 saturated carbocycles. The van der Waals surface area contributed by atoms with Gasteiger partial charge >= 0.3 is 0 Å². The van der Waals surface area contributed by atoms with E-state index in [-0.39, 0.29) is 46.2 Å². The van der Waals surface area contributed by atoms with Crippen molar-refractivity contribution in [2.75, 3.05) is 13.2 Å². The molecule has 11 nitrogen and oxygen atoms in total.